The lowest BCUT2D eigenvalue weighted by atomic mass is 9.97. The lowest BCUT2D eigenvalue weighted by molar-refractivity contribution is 0.869. The third-order valence-corrected chi connectivity index (χ3v) is 10.8. The summed E-state index contributed by atoms with van der Waals surface area (Å²) in [6.07, 6.45) is 6.88. The first-order valence-corrected chi connectivity index (χ1v) is 16.9. The molecule has 1 aliphatic rings. The van der Waals surface area contributed by atoms with Gasteiger partial charge in [0.05, 0.1) is 22.1 Å². The predicted molar refractivity (Wildman–Crippen MR) is 198 cm³/mol. The molecule has 0 amide bonds. The van der Waals surface area contributed by atoms with Crippen molar-refractivity contribution in [2.75, 3.05) is 0 Å². The molecule has 0 radical (unpaired) electrons. The molecule has 0 saturated heterocycles. The summed E-state index contributed by atoms with van der Waals surface area (Å²) < 4.78 is 5.07. The molecule has 0 atom stereocenters. The average molecular weight is 593 g/mol. The second-order valence-electron chi connectivity index (χ2n) is 14.1. The number of allylic oxidation sites excluding steroid dienone is 1. The van der Waals surface area contributed by atoms with Crippen LogP contribution in [0.15, 0.2) is 103 Å². The lowest BCUT2D eigenvalue weighted by Gasteiger charge is -2.13. The van der Waals surface area contributed by atoms with Crippen LogP contribution in [0.25, 0.3) is 82.3 Å². The normalized spacial score (nSPS) is 13.8. The van der Waals surface area contributed by atoms with Gasteiger partial charge in [0.25, 0.3) is 0 Å². The first-order valence-electron chi connectivity index (χ1n) is 16.9. The van der Waals surface area contributed by atoms with Gasteiger partial charge in [-0.2, -0.15) is 0 Å². The predicted octanol–water partition coefficient (Wildman–Crippen LogP) is 12.3. The van der Waals surface area contributed by atoms with Crippen molar-refractivity contribution in [2.24, 2.45) is 0 Å². The van der Waals surface area contributed by atoms with Crippen LogP contribution in [0.2, 0.25) is 0 Å². The van der Waals surface area contributed by atoms with Crippen LogP contribution in [0.3, 0.4) is 0 Å². The molecule has 0 spiro atoms. The molecule has 0 fully saturated rings. The monoisotopic (exact) mass is 592 g/mol. The summed E-state index contributed by atoms with van der Waals surface area (Å²) in [4.78, 5) is 0. The van der Waals surface area contributed by atoms with Crippen molar-refractivity contribution >= 4 is 76.6 Å². The summed E-state index contributed by atoms with van der Waals surface area (Å²) >= 11 is 0. The Morgan fingerprint density at radius 1 is 0.543 bits per heavy atom. The van der Waals surface area contributed by atoms with Gasteiger partial charge in [-0.25, -0.2) is 0 Å². The van der Waals surface area contributed by atoms with Gasteiger partial charge in [-0.15, -0.1) is 0 Å². The SMILES string of the molecule is CC(C)c1ccc2cc3c(cc2c1)c1cc(-n2c4c(c5ccccc52)CCC=C4)cc2c4cc5cc(C(C)C)ccc5cc4n3c12. The van der Waals surface area contributed by atoms with E-state index in [0.717, 1.165) is 12.8 Å². The molecule has 46 heavy (non-hydrogen) atoms. The van der Waals surface area contributed by atoms with Crippen LogP contribution in [0, 0.1) is 0 Å². The summed E-state index contributed by atoms with van der Waals surface area (Å²) in [6.45, 7) is 9.13. The molecule has 0 saturated carbocycles. The van der Waals surface area contributed by atoms with Gasteiger partial charge in [0.1, 0.15) is 0 Å². The number of fused-ring (bicyclic) bond motifs is 11. The molecule has 2 nitrogen and oxygen atoms in total. The molecular formula is C44H36N2. The Hall–Kier alpha value is -5.08. The third-order valence-electron chi connectivity index (χ3n) is 10.8. The summed E-state index contributed by atoms with van der Waals surface area (Å²) in [6, 6.07) is 37.7. The minimum absolute atomic E-state index is 0.496. The fourth-order valence-electron chi connectivity index (χ4n) is 8.36. The highest BCUT2D eigenvalue weighted by Crippen LogP contribution is 2.44. The van der Waals surface area contributed by atoms with Crippen LogP contribution in [-0.2, 0) is 6.42 Å². The van der Waals surface area contributed by atoms with Crippen LogP contribution in [0.5, 0.6) is 0 Å². The number of hydrogen-bond donors (Lipinski definition) is 0. The molecule has 222 valence electrons. The first kappa shape index (κ1) is 26.2. The van der Waals surface area contributed by atoms with E-state index < -0.39 is 0 Å². The number of aromatic nitrogens is 2. The van der Waals surface area contributed by atoms with Crippen LogP contribution >= 0.6 is 0 Å². The Labute approximate surface area is 268 Å². The topological polar surface area (TPSA) is 9.34 Å². The van der Waals surface area contributed by atoms with E-state index in [2.05, 4.69) is 146 Å². The number of para-hydroxylation sites is 1. The number of rotatable bonds is 3. The highest BCUT2D eigenvalue weighted by Gasteiger charge is 2.23. The molecule has 0 N–H and O–H groups in total. The Kier molecular flexibility index (Phi) is 5.25. The highest BCUT2D eigenvalue weighted by atomic mass is 15.0. The number of hydrogen-bond acceptors (Lipinski definition) is 0. The van der Waals surface area contributed by atoms with Gasteiger partial charge in [0, 0.05) is 38.3 Å². The molecule has 3 heterocycles. The molecule has 0 unspecified atom stereocenters. The molecule has 2 heteroatoms. The Bertz CT molecular complexity index is 2610. The molecule has 10 rings (SSSR count). The maximum Gasteiger partial charge on any atom is 0.0622 e. The van der Waals surface area contributed by atoms with E-state index in [1.807, 2.05) is 0 Å². The summed E-state index contributed by atoms with van der Waals surface area (Å²) in [5.74, 6) is 0.993. The summed E-state index contributed by atoms with van der Waals surface area (Å²) in [5, 5.41) is 11.9. The van der Waals surface area contributed by atoms with Crippen LogP contribution in [0.1, 0.15) is 68.3 Å². The summed E-state index contributed by atoms with van der Waals surface area (Å²) in [5.41, 5.74) is 12.0. The number of benzene rings is 6. The average Bonchev–Trinajstić information content (AvgIpc) is 3.69. The van der Waals surface area contributed by atoms with Crippen molar-refractivity contribution in [3.8, 4) is 5.69 Å². The quantitative estimate of drug-likeness (QED) is 0.193. The molecule has 0 bridgehead atoms. The van der Waals surface area contributed by atoms with Gasteiger partial charge in [0.15, 0.2) is 0 Å². The third kappa shape index (κ3) is 3.47. The molecule has 6 aromatic carbocycles. The van der Waals surface area contributed by atoms with Crippen LogP contribution in [-0.4, -0.2) is 8.97 Å². The smallest absolute Gasteiger partial charge is 0.0622 e. The molecule has 0 aliphatic heterocycles. The molecular weight excluding hydrogens is 556 g/mol. The van der Waals surface area contributed by atoms with Gasteiger partial charge in [-0.3, -0.25) is 0 Å². The Morgan fingerprint density at radius 2 is 1.15 bits per heavy atom. The largest absolute Gasteiger partial charge is 0.310 e. The fraction of sp³-hybridized carbons (Fsp3) is 0.182. The van der Waals surface area contributed by atoms with Gasteiger partial charge in [-0.05, 0) is 111 Å². The lowest BCUT2D eigenvalue weighted by Crippen LogP contribution is -2.00. The highest BCUT2D eigenvalue weighted by molar-refractivity contribution is 6.26. The fourth-order valence-corrected chi connectivity index (χ4v) is 8.36. The molecule has 3 aromatic heterocycles. The molecule has 9 aromatic rings. The van der Waals surface area contributed by atoms with Gasteiger partial charge < -0.3 is 8.97 Å². The van der Waals surface area contributed by atoms with E-state index in [-0.39, 0.29) is 0 Å². The van der Waals surface area contributed by atoms with Crippen molar-refractivity contribution in [1.82, 2.24) is 8.97 Å². The minimum Gasteiger partial charge on any atom is -0.310 e. The maximum absolute atomic E-state index is 2.55. The Balaban J connectivity index is 1.39. The zero-order chi connectivity index (χ0) is 30.8. The van der Waals surface area contributed by atoms with Crippen molar-refractivity contribution < 1.29 is 0 Å². The van der Waals surface area contributed by atoms with Gasteiger partial charge in [0.2, 0.25) is 0 Å². The Morgan fingerprint density at radius 3 is 1.76 bits per heavy atom. The first-order chi connectivity index (χ1) is 22.4. The standard InChI is InChI=1S/C44H36N2/c1-25(2)27-13-15-29-21-42-36(19-31(29)17-27)38-23-33(45-40-11-7-5-9-34(40)35-10-6-8-12-41(35)45)24-39-37-20-32-18-28(26(3)4)14-16-30(32)22-43(37)46(42)44(38)39/h5,7-9,11-26H,6,10H2,1-4H3. The minimum atomic E-state index is 0.496. The zero-order valence-corrected chi connectivity index (χ0v) is 26.9. The van der Waals surface area contributed by atoms with Crippen LogP contribution < -0.4 is 0 Å². The van der Waals surface area contributed by atoms with Gasteiger partial charge in [-0.1, -0.05) is 88.4 Å². The second kappa shape index (κ2) is 9.23. The number of nitrogens with zero attached hydrogens (tertiary/aromatic N) is 2. The van der Waals surface area contributed by atoms with Crippen molar-refractivity contribution in [3.63, 3.8) is 0 Å². The second-order valence-corrected chi connectivity index (χ2v) is 14.1. The van der Waals surface area contributed by atoms with E-state index in [0.29, 0.717) is 11.8 Å². The van der Waals surface area contributed by atoms with E-state index in [1.54, 1.807) is 0 Å². The van der Waals surface area contributed by atoms with Crippen molar-refractivity contribution in [1.29, 1.82) is 0 Å². The van der Waals surface area contributed by atoms with Crippen molar-refractivity contribution in [3.05, 3.63) is 126 Å². The van der Waals surface area contributed by atoms with E-state index in [4.69, 9.17) is 0 Å². The molecule has 1 aliphatic carbocycles. The summed E-state index contributed by atoms with van der Waals surface area (Å²) in [7, 11) is 0. The van der Waals surface area contributed by atoms with Crippen LogP contribution in [0.4, 0.5) is 0 Å². The zero-order valence-electron chi connectivity index (χ0n) is 26.9. The van der Waals surface area contributed by atoms with E-state index in [9.17, 15) is 0 Å². The van der Waals surface area contributed by atoms with Gasteiger partial charge >= 0.3 is 0 Å². The van der Waals surface area contributed by atoms with E-state index in [1.165, 1.54) is 98.6 Å². The van der Waals surface area contributed by atoms with E-state index >= 15 is 0 Å². The van der Waals surface area contributed by atoms with Crippen molar-refractivity contribution in [2.45, 2.75) is 52.4 Å². The number of aryl methyl sites for hydroxylation is 1. The maximum atomic E-state index is 2.55.